The van der Waals surface area contributed by atoms with Gasteiger partial charge in [-0.2, -0.15) is 13.2 Å². The third kappa shape index (κ3) is 5.95. The molecule has 0 spiro atoms. The molecule has 0 aliphatic carbocycles. The van der Waals surface area contributed by atoms with Crippen LogP contribution in [0.1, 0.15) is 35.6 Å². The molecule has 0 aromatic heterocycles. The summed E-state index contributed by atoms with van der Waals surface area (Å²) in [7, 11) is 0. The van der Waals surface area contributed by atoms with Crippen LogP contribution in [0.5, 0.6) is 0 Å². The Morgan fingerprint density at radius 1 is 0.719 bits per heavy atom. The molecule has 3 aromatic carbocycles. The number of halogens is 6. The molecule has 0 bridgehead atoms. The first-order valence-corrected chi connectivity index (χ1v) is 9.66. The predicted molar refractivity (Wildman–Crippen MR) is 111 cm³/mol. The van der Waals surface area contributed by atoms with Crippen molar-refractivity contribution in [3.05, 3.63) is 94.3 Å². The van der Waals surface area contributed by atoms with Gasteiger partial charge in [0.25, 0.3) is 0 Å². The van der Waals surface area contributed by atoms with E-state index in [0.717, 1.165) is 36.5 Å². The van der Waals surface area contributed by atoms with Crippen LogP contribution in [0.15, 0.2) is 54.6 Å². The van der Waals surface area contributed by atoms with E-state index in [9.17, 15) is 26.3 Å². The smallest absolute Gasteiger partial charge is 0.206 e. The summed E-state index contributed by atoms with van der Waals surface area (Å²) in [6, 6.07) is 13.7. The molecule has 3 aromatic rings. The molecule has 0 radical (unpaired) electrons. The molecule has 3 rings (SSSR count). The molecule has 0 amide bonds. The van der Waals surface area contributed by atoms with Crippen LogP contribution in [0.2, 0.25) is 0 Å². The highest BCUT2D eigenvalue weighted by molar-refractivity contribution is 5.65. The van der Waals surface area contributed by atoms with Crippen LogP contribution in [0.3, 0.4) is 0 Å². The van der Waals surface area contributed by atoms with Crippen molar-refractivity contribution in [2.24, 2.45) is 0 Å². The lowest BCUT2D eigenvalue weighted by Crippen LogP contribution is -2.02. The van der Waals surface area contributed by atoms with Crippen molar-refractivity contribution < 1.29 is 26.3 Å². The average molecular weight is 442 g/mol. The van der Waals surface area contributed by atoms with Gasteiger partial charge in [0.05, 0.1) is 11.1 Å². The minimum atomic E-state index is -4.88. The fourth-order valence-electron chi connectivity index (χ4n) is 2.99. The maximum absolute atomic E-state index is 14.5. The van der Waals surface area contributed by atoms with Gasteiger partial charge in [0.2, 0.25) is 0 Å². The maximum Gasteiger partial charge on any atom is 0.458 e. The molecule has 0 heterocycles. The molecule has 0 atom stereocenters. The normalized spacial score (nSPS) is 10.7. The molecule has 0 saturated carbocycles. The van der Waals surface area contributed by atoms with Gasteiger partial charge in [-0.15, -0.1) is 0 Å². The summed E-state index contributed by atoms with van der Waals surface area (Å²) in [4.78, 5) is 0. The van der Waals surface area contributed by atoms with Crippen molar-refractivity contribution in [2.75, 3.05) is 0 Å². The summed E-state index contributed by atoms with van der Waals surface area (Å²) in [5.41, 5.74) is 1.52. The Hall–Kier alpha value is -3.64. The zero-order chi connectivity index (χ0) is 23.3. The Bertz CT molecular complexity index is 1220. The molecular formula is C26H16F6. The van der Waals surface area contributed by atoms with E-state index in [0.29, 0.717) is 5.56 Å². The van der Waals surface area contributed by atoms with Gasteiger partial charge >= 0.3 is 6.18 Å². The van der Waals surface area contributed by atoms with E-state index in [2.05, 4.69) is 18.8 Å². The lowest BCUT2D eigenvalue weighted by molar-refractivity contribution is -0.0696. The Labute approximate surface area is 181 Å². The van der Waals surface area contributed by atoms with Crippen LogP contribution >= 0.6 is 0 Å². The van der Waals surface area contributed by atoms with Crippen LogP contribution in [-0.2, 0) is 6.42 Å². The predicted octanol–water partition coefficient (Wildman–Crippen LogP) is 7.04. The van der Waals surface area contributed by atoms with Crippen molar-refractivity contribution >= 4 is 0 Å². The Morgan fingerprint density at radius 3 is 1.91 bits per heavy atom. The van der Waals surface area contributed by atoms with E-state index in [1.165, 1.54) is 23.6 Å². The van der Waals surface area contributed by atoms with Crippen LogP contribution < -0.4 is 0 Å². The first-order valence-electron chi connectivity index (χ1n) is 9.66. The van der Waals surface area contributed by atoms with Gasteiger partial charge < -0.3 is 0 Å². The second-order valence-electron chi connectivity index (χ2n) is 6.95. The number of rotatable bonds is 3. The fraction of sp³-hybridized carbons (Fsp3) is 0.154. The van der Waals surface area contributed by atoms with E-state index >= 15 is 0 Å². The standard InChI is InChI=1S/C26H16F6/c1-2-3-17-4-7-19(8-5-17)21-11-10-20(23(27)16-21)9-6-18-14-24(28)22(25(29)15-18)12-13-26(30,31)32/h4-5,7-8,10-11,14-16H,2-3H2,1H3. The van der Waals surface area contributed by atoms with Gasteiger partial charge in [-0.3, -0.25) is 0 Å². The molecule has 0 aliphatic rings. The molecule has 162 valence electrons. The summed E-state index contributed by atoms with van der Waals surface area (Å²) in [5.74, 6) is 3.98. The monoisotopic (exact) mass is 442 g/mol. The van der Waals surface area contributed by atoms with Crippen molar-refractivity contribution in [3.8, 4) is 34.8 Å². The van der Waals surface area contributed by atoms with Crippen LogP contribution in [0.4, 0.5) is 26.3 Å². The van der Waals surface area contributed by atoms with Crippen LogP contribution in [0, 0.1) is 41.1 Å². The molecule has 0 unspecified atom stereocenters. The first kappa shape index (κ1) is 23.0. The number of hydrogen-bond acceptors (Lipinski definition) is 0. The number of alkyl halides is 3. The number of aryl methyl sites for hydroxylation is 1. The minimum Gasteiger partial charge on any atom is -0.206 e. The van der Waals surface area contributed by atoms with Crippen molar-refractivity contribution in [1.29, 1.82) is 0 Å². The minimum absolute atomic E-state index is 0.0121. The molecular weight excluding hydrogens is 426 g/mol. The summed E-state index contributed by atoms with van der Waals surface area (Å²) in [6.45, 7) is 2.09. The topological polar surface area (TPSA) is 0 Å². The van der Waals surface area contributed by atoms with E-state index < -0.39 is 29.2 Å². The number of benzene rings is 3. The molecule has 0 saturated heterocycles. The maximum atomic E-state index is 14.5. The quantitative estimate of drug-likeness (QED) is 0.302. The van der Waals surface area contributed by atoms with Gasteiger partial charge in [0, 0.05) is 11.5 Å². The van der Waals surface area contributed by atoms with Crippen LogP contribution in [0.25, 0.3) is 11.1 Å². The van der Waals surface area contributed by atoms with Gasteiger partial charge in [0.1, 0.15) is 17.5 Å². The lowest BCUT2D eigenvalue weighted by Gasteiger charge is -2.05. The van der Waals surface area contributed by atoms with E-state index in [-0.39, 0.29) is 11.1 Å². The highest BCUT2D eigenvalue weighted by Crippen LogP contribution is 2.23. The van der Waals surface area contributed by atoms with Crippen molar-refractivity contribution in [1.82, 2.24) is 0 Å². The molecule has 0 aliphatic heterocycles. The van der Waals surface area contributed by atoms with E-state index in [1.807, 2.05) is 24.3 Å². The third-order valence-electron chi connectivity index (χ3n) is 4.51. The lowest BCUT2D eigenvalue weighted by atomic mass is 10.0. The van der Waals surface area contributed by atoms with Gasteiger partial charge in [-0.25, -0.2) is 13.2 Å². The second-order valence-corrected chi connectivity index (χ2v) is 6.95. The van der Waals surface area contributed by atoms with Gasteiger partial charge in [-0.1, -0.05) is 61.4 Å². The Morgan fingerprint density at radius 2 is 1.34 bits per heavy atom. The second kappa shape index (κ2) is 9.66. The molecule has 0 N–H and O–H groups in total. The third-order valence-corrected chi connectivity index (χ3v) is 4.51. The largest absolute Gasteiger partial charge is 0.458 e. The summed E-state index contributed by atoms with van der Waals surface area (Å²) < 4.78 is 78.8. The highest BCUT2D eigenvalue weighted by atomic mass is 19.4. The molecule has 0 fully saturated rings. The molecule has 0 nitrogen and oxygen atoms in total. The van der Waals surface area contributed by atoms with Crippen LogP contribution in [-0.4, -0.2) is 6.18 Å². The van der Waals surface area contributed by atoms with Crippen molar-refractivity contribution in [2.45, 2.75) is 25.9 Å². The molecule has 32 heavy (non-hydrogen) atoms. The van der Waals surface area contributed by atoms with Gasteiger partial charge in [0.15, 0.2) is 0 Å². The Kier molecular flexibility index (Phi) is 6.95. The summed E-state index contributed by atoms with van der Waals surface area (Å²) in [5, 5.41) is 0. The molecule has 6 heteroatoms. The van der Waals surface area contributed by atoms with Gasteiger partial charge in [-0.05, 0) is 47.4 Å². The van der Waals surface area contributed by atoms with E-state index in [4.69, 9.17) is 0 Å². The SMILES string of the molecule is CCCc1ccc(-c2ccc(C#Cc3cc(F)c(C#CC(F)(F)F)c(F)c3)c(F)c2)cc1. The first-order chi connectivity index (χ1) is 15.2. The zero-order valence-electron chi connectivity index (χ0n) is 16.9. The fourth-order valence-corrected chi connectivity index (χ4v) is 2.99. The van der Waals surface area contributed by atoms with Crippen molar-refractivity contribution in [3.63, 3.8) is 0 Å². The summed E-state index contributed by atoms with van der Waals surface area (Å²) in [6.07, 6.45) is -2.89. The van der Waals surface area contributed by atoms with E-state index in [1.54, 1.807) is 6.07 Å². The average Bonchev–Trinajstić information content (AvgIpc) is 2.72. The Balaban J connectivity index is 1.84. The highest BCUT2D eigenvalue weighted by Gasteiger charge is 2.23. The summed E-state index contributed by atoms with van der Waals surface area (Å²) >= 11 is 0. The zero-order valence-corrected chi connectivity index (χ0v) is 16.9. The number of hydrogen-bond donors (Lipinski definition) is 0.